The van der Waals surface area contributed by atoms with E-state index in [0.717, 1.165) is 11.1 Å². The highest BCUT2D eigenvalue weighted by Gasteiger charge is 2.28. The summed E-state index contributed by atoms with van der Waals surface area (Å²) in [5, 5.41) is 11.4. The van der Waals surface area contributed by atoms with Crippen LogP contribution < -0.4 is 5.32 Å². The standard InChI is InChI=1S/C19H16ClN5O2/c1-12-2-4-13(5-3-12)18-9-16(24-27-18)19(26)23-15-8-14(20)6-7-17(15)25-11-21-10-22-25/h2-8,10-11,18H,9H2,1H3,(H,23,26)/t18-/m0/s1. The minimum atomic E-state index is -0.340. The first-order valence-electron chi connectivity index (χ1n) is 8.35. The summed E-state index contributed by atoms with van der Waals surface area (Å²) in [6.07, 6.45) is 3.10. The molecule has 0 spiro atoms. The number of nitrogens with zero attached hydrogens (tertiary/aromatic N) is 4. The molecule has 3 aromatic rings. The molecule has 1 atom stereocenters. The van der Waals surface area contributed by atoms with Gasteiger partial charge in [-0.2, -0.15) is 5.10 Å². The van der Waals surface area contributed by atoms with Gasteiger partial charge in [0.1, 0.15) is 18.4 Å². The molecule has 136 valence electrons. The molecule has 4 rings (SSSR count). The number of oxime groups is 1. The van der Waals surface area contributed by atoms with Gasteiger partial charge in [0.25, 0.3) is 5.91 Å². The molecule has 0 bridgehead atoms. The second-order valence-corrected chi connectivity index (χ2v) is 6.64. The van der Waals surface area contributed by atoms with Crippen molar-refractivity contribution in [3.8, 4) is 5.69 Å². The Kier molecular flexibility index (Phi) is 4.60. The molecule has 7 nitrogen and oxygen atoms in total. The lowest BCUT2D eigenvalue weighted by molar-refractivity contribution is -0.110. The molecule has 2 heterocycles. The lowest BCUT2D eigenvalue weighted by Crippen LogP contribution is -2.22. The van der Waals surface area contributed by atoms with Crippen LogP contribution in [0.25, 0.3) is 5.69 Å². The number of aromatic nitrogens is 3. The van der Waals surface area contributed by atoms with Crippen LogP contribution in [0.15, 0.2) is 60.3 Å². The molecule has 0 fully saturated rings. The van der Waals surface area contributed by atoms with Crippen molar-refractivity contribution in [3.05, 3.63) is 71.3 Å². The zero-order valence-corrected chi connectivity index (χ0v) is 15.2. The van der Waals surface area contributed by atoms with Crippen molar-refractivity contribution in [1.29, 1.82) is 0 Å². The van der Waals surface area contributed by atoms with Crippen molar-refractivity contribution in [2.75, 3.05) is 5.32 Å². The average molecular weight is 382 g/mol. The maximum atomic E-state index is 12.7. The number of carbonyl (C=O) groups excluding carboxylic acids is 1. The van der Waals surface area contributed by atoms with Crippen LogP contribution in [0.5, 0.6) is 0 Å². The fourth-order valence-corrected chi connectivity index (χ4v) is 2.98. The van der Waals surface area contributed by atoms with E-state index in [4.69, 9.17) is 16.4 Å². The molecule has 1 amide bonds. The van der Waals surface area contributed by atoms with Crippen molar-refractivity contribution < 1.29 is 9.63 Å². The molecule has 1 aliphatic rings. The Balaban J connectivity index is 1.50. The molecule has 0 saturated heterocycles. The van der Waals surface area contributed by atoms with Crippen molar-refractivity contribution in [2.24, 2.45) is 5.16 Å². The first kappa shape index (κ1) is 17.2. The van der Waals surface area contributed by atoms with Crippen LogP contribution >= 0.6 is 11.6 Å². The molecule has 1 aromatic heterocycles. The van der Waals surface area contributed by atoms with E-state index in [1.807, 2.05) is 31.2 Å². The van der Waals surface area contributed by atoms with Crippen molar-refractivity contribution in [2.45, 2.75) is 19.4 Å². The molecular weight excluding hydrogens is 366 g/mol. The second-order valence-electron chi connectivity index (χ2n) is 6.20. The topological polar surface area (TPSA) is 81.4 Å². The molecule has 0 aliphatic carbocycles. The highest BCUT2D eigenvalue weighted by molar-refractivity contribution is 6.43. The fourth-order valence-electron chi connectivity index (χ4n) is 2.81. The number of hydrogen-bond acceptors (Lipinski definition) is 5. The molecule has 2 aromatic carbocycles. The van der Waals surface area contributed by atoms with Gasteiger partial charge in [-0.05, 0) is 30.7 Å². The first-order valence-corrected chi connectivity index (χ1v) is 8.73. The van der Waals surface area contributed by atoms with E-state index >= 15 is 0 Å². The number of nitrogens with one attached hydrogen (secondary N) is 1. The fraction of sp³-hybridized carbons (Fsp3) is 0.158. The van der Waals surface area contributed by atoms with Gasteiger partial charge in [-0.15, -0.1) is 0 Å². The summed E-state index contributed by atoms with van der Waals surface area (Å²) in [4.78, 5) is 22.0. The summed E-state index contributed by atoms with van der Waals surface area (Å²) >= 11 is 6.09. The van der Waals surface area contributed by atoms with E-state index in [2.05, 4.69) is 20.6 Å². The van der Waals surface area contributed by atoms with Crippen LogP contribution in [0.2, 0.25) is 5.02 Å². The summed E-state index contributed by atoms with van der Waals surface area (Å²) in [6, 6.07) is 13.1. The van der Waals surface area contributed by atoms with Crippen LogP contribution in [-0.4, -0.2) is 26.4 Å². The third-order valence-corrected chi connectivity index (χ3v) is 4.49. The molecular formula is C19H16ClN5O2. The molecule has 0 unspecified atom stereocenters. The van der Waals surface area contributed by atoms with Gasteiger partial charge in [0, 0.05) is 11.4 Å². The summed E-state index contributed by atoms with van der Waals surface area (Å²) in [5.74, 6) is -0.340. The molecule has 0 saturated carbocycles. The molecule has 8 heteroatoms. The third kappa shape index (κ3) is 3.68. The summed E-state index contributed by atoms with van der Waals surface area (Å²) in [6.45, 7) is 2.02. The number of carbonyl (C=O) groups is 1. The van der Waals surface area contributed by atoms with E-state index in [0.29, 0.717) is 28.5 Å². The second kappa shape index (κ2) is 7.20. The van der Waals surface area contributed by atoms with Gasteiger partial charge in [0.05, 0.1) is 11.4 Å². The van der Waals surface area contributed by atoms with Gasteiger partial charge >= 0.3 is 0 Å². The number of amides is 1. The molecule has 1 N–H and O–H groups in total. The zero-order valence-electron chi connectivity index (χ0n) is 14.5. The number of halogens is 1. The van der Waals surface area contributed by atoms with Crippen LogP contribution in [0.3, 0.4) is 0 Å². The highest BCUT2D eigenvalue weighted by Crippen LogP contribution is 2.29. The lowest BCUT2D eigenvalue weighted by Gasteiger charge is -2.11. The lowest BCUT2D eigenvalue weighted by atomic mass is 10.0. The van der Waals surface area contributed by atoms with Crippen LogP contribution in [0, 0.1) is 6.92 Å². The molecule has 1 aliphatic heterocycles. The van der Waals surface area contributed by atoms with Crippen LogP contribution in [0.1, 0.15) is 23.7 Å². The highest BCUT2D eigenvalue weighted by atomic mass is 35.5. The number of aryl methyl sites for hydroxylation is 1. The largest absolute Gasteiger partial charge is 0.387 e. The molecule has 0 radical (unpaired) electrons. The van der Waals surface area contributed by atoms with Gasteiger partial charge in [-0.3, -0.25) is 4.79 Å². The number of benzene rings is 2. The van der Waals surface area contributed by atoms with Gasteiger partial charge in [0.15, 0.2) is 6.10 Å². The Labute approximate surface area is 160 Å². The van der Waals surface area contributed by atoms with Crippen molar-refractivity contribution >= 4 is 28.9 Å². The molecule has 27 heavy (non-hydrogen) atoms. The van der Waals surface area contributed by atoms with E-state index in [9.17, 15) is 4.79 Å². The Morgan fingerprint density at radius 1 is 1.26 bits per heavy atom. The maximum Gasteiger partial charge on any atom is 0.273 e. The Morgan fingerprint density at radius 2 is 2.07 bits per heavy atom. The summed E-state index contributed by atoms with van der Waals surface area (Å²) < 4.78 is 1.55. The SMILES string of the molecule is Cc1ccc([C@@H]2CC(C(=O)Nc3cc(Cl)ccc3-n3cncn3)=NO2)cc1. The first-order chi connectivity index (χ1) is 13.1. The van der Waals surface area contributed by atoms with E-state index < -0.39 is 0 Å². The van der Waals surface area contributed by atoms with Gasteiger partial charge < -0.3 is 10.2 Å². The zero-order chi connectivity index (χ0) is 18.8. The number of hydrogen-bond donors (Lipinski definition) is 1. The van der Waals surface area contributed by atoms with E-state index in [1.165, 1.54) is 6.33 Å². The quantitative estimate of drug-likeness (QED) is 0.747. The normalized spacial score (nSPS) is 15.9. The Morgan fingerprint density at radius 3 is 2.81 bits per heavy atom. The average Bonchev–Trinajstić information content (AvgIpc) is 3.35. The Bertz CT molecular complexity index is 999. The van der Waals surface area contributed by atoms with Gasteiger partial charge in [-0.25, -0.2) is 9.67 Å². The predicted octanol–water partition coefficient (Wildman–Crippen LogP) is 3.69. The van der Waals surface area contributed by atoms with Gasteiger partial charge in [-0.1, -0.05) is 46.6 Å². The van der Waals surface area contributed by atoms with Crippen LogP contribution in [-0.2, 0) is 9.63 Å². The Hall–Kier alpha value is -3.19. The summed E-state index contributed by atoms with van der Waals surface area (Å²) in [5.41, 5.74) is 3.64. The number of rotatable bonds is 4. The summed E-state index contributed by atoms with van der Waals surface area (Å²) in [7, 11) is 0. The van der Waals surface area contributed by atoms with Crippen molar-refractivity contribution in [3.63, 3.8) is 0 Å². The van der Waals surface area contributed by atoms with E-state index in [-0.39, 0.29) is 12.0 Å². The number of anilines is 1. The third-order valence-electron chi connectivity index (χ3n) is 4.25. The monoisotopic (exact) mass is 381 g/mol. The maximum absolute atomic E-state index is 12.7. The minimum Gasteiger partial charge on any atom is -0.387 e. The minimum absolute atomic E-state index is 0.263. The van der Waals surface area contributed by atoms with Gasteiger partial charge in [0.2, 0.25) is 0 Å². The predicted molar refractivity (Wildman–Crippen MR) is 102 cm³/mol. The smallest absolute Gasteiger partial charge is 0.273 e. The van der Waals surface area contributed by atoms with E-state index in [1.54, 1.807) is 29.2 Å². The van der Waals surface area contributed by atoms with Crippen molar-refractivity contribution in [1.82, 2.24) is 14.8 Å². The van der Waals surface area contributed by atoms with Crippen LogP contribution in [0.4, 0.5) is 5.69 Å².